The molecule has 0 aliphatic heterocycles. The molecule has 0 atom stereocenters. The molecule has 0 bridgehead atoms. The summed E-state index contributed by atoms with van der Waals surface area (Å²) >= 11 is 9.10. The van der Waals surface area contributed by atoms with E-state index in [-0.39, 0.29) is 22.3 Å². The number of nitrogens with zero attached hydrogens (tertiary/aromatic N) is 1. The van der Waals surface area contributed by atoms with E-state index < -0.39 is 10.0 Å². The molecule has 3 N–H and O–H groups in total. The van der Waals surface area contributed by atoms with E-state index in [9.17, 15) is 8.42 Å². The third-order valence-electron chi connectivity index (χ3n) is 2.51. The van der Waals surface area contributed by atoms with E-state index in [1.807, 2.05) is 24.3 Å². The molecule has 0 aliphatic rings. The van der Waals surface area contributed by atoms with E-state index in [2.05, 4.69) is 25.6 Å². The first-order valence-corrected chi connectivity index (χ1v) is 8.19. The number of halogens is 2. The number of benzene rings is 1. The van der Waals surface area contributed by atoms with E-state index in [0.717, 1.165) is 10.0 Å². The Morgan fingerprint density at radius 1 is 1.35 bits per heavy atom. The van der Waals surface area contributed by atoms with Gasteiger partial charge in [0, 0.05) is 17.2 Å². The fourth-order valence-electron chi connectivity index (χ4n) is 1.49. The van der Waals surface area contributed by atoms with Crippen LogP contribution < -0.4 is 10.5 Å². The molecule has 0 amide bonds. The van der Waals surface area contributed by atoms with Gasteiger partial charge >= 0.3 is 0 Å². The van der Waals surface area contributed by atoms with Crippen molar-refractivity contribution in [2.24, 2.45) is 0 Å². The fraction of sp³-hybridized carbons (Fsp3) is 0.0833. The van der Waals surface area contributed by atoms with E-state index in [4.69, 9.17) is 17.3 Å². The summed E-state index contributed by atoms with van der Waals surface area (Å²) in [6.07, 6.45) is 1.17. The standard InChI is InChI=1S/C12H11BrClN3O2S/c13-9-3-1-2-8(4-9)6-17-20(18,19)10-5-11(14)12(15)16-7-10/h1-5,7,17H,6H2,(H2,15,16). The van der Waals surface area contributed by atoms with Crippen molar-refractivity contribution < 1.29 is 8.42 Å². The molecule has 1 aromatic carbocycles. The summed E-state index contributed by atoms with van der Waals surface area (Å²) in [7, 11) is -3.68. The predicted molar refractivity (Wildman–Crippen MR) is 81.8 cm³/mol. The number of nitrogen functional groups attached to an aromatic ring is 1. The second kappa shape index (κ2) is 6.09. The minimum absolute atomic E-state index is 0.0216. The third kappa shape index (κ3) is 3.69. The van der Waals surface area contributed by atoms with E-state index in [0.29, 0.717) is 0 Å². The summed E-state index contributed by atoms with van der Waals surface area (Å²) in [5.41, 5.74) is 6.28. The van der Waals surface area contributed by atoms with Crippen molar-refractivity contribution in [1.82, 2.24) is 9.71 Å². The molecule has 0 fully saturated rings. The van der Waals surface area contributed by atoms with Gasteiger partial charge in [-0.15, -0.1) is 0 Å². The molecule has 5 nitrogen and oxygen atoms in total. The van der Waals surface area contributed by atoms with Crippen molar-refractivity contribution in [1.29, 1.82) is 0 Å². The molecule has 1 heterocycles. The number of pyridine rings is 1. The van der Waals surface area contributed by atoms with Gasteiger partial charge in [0.15, 0.2) is 0 Å². The van der Waals surface area contributed by atoms with Crippen molar-refractivity contribution in [3.05, 3.63) is 51.6 Å². The zero-order valence-electron chi connectivity index (χ0n) is 10.2. The highest BCUT2D eigenvalue weighted by Gasteiger charge is 2.15. The van der Waals surface area contributed by atoms with Gasteiger partial charge in [-0.25, -0.2) is 18.1 Å². The number of nitrogens with one attached hydrogen (secondary N) is 1. The maximum Gasteiger partial charge on any atom is 0.242 e. The third-order valence-corrected chi connectivity index (χ3v) is 4.67. The Labute approximate surface area is 130 Å². The number of nitrogens with two attached hydrogens (primary N) is 1. The zero-order valence-corrected chi connectivity index (χ0v) is 13.3. The van der Waals surface area contributed by atoms with Crippen molar-refractivity contribution in [2.45, 2.75) is 11.4 Å². The predicted octanol–water partition coefficient (Wildman–Crippen LogP) is 2.56. The van der Waals surface area contributed by atoms with Crippen LogP contribution in [0.1, 0.15) is 5.56 Å². The molecule has 2 aromatic rings. The molecule has 20 heavy (non-hydrogen) atoms. The average molecular weight is 377 g/mol. The molecule has 0 aliphatic carbocycles. The topological polar surface area (TPSA) is 85.1 Å². The molecule has 0 spiro atoms. The second-order valence-corrected chi connectivity index (χ2v) is 7.08. The minimum Gasteiger partial charge on any atom is -0.382 e. The first-order valence-electron chi connectivity index (χ1n) is 5.53. The summed E-state index contributed by atoms with van der Waals surface area (Å²) in [5.74, 6) is 0.0950. The number of anilines is 1. The molecule has 0 unspecified atom stereocenters. The number of sulfonamides is 1. The minimum atomic E-state index is -3.68. The van der Waals surface area contributed by atoms with Gasteiger partial charge in [0.1, 0.15) is 10.7 Å². The van der Waals surface area contributed by atoms with Crippen molar-refractivity contribution in [2.75, 3.05) is 5.73 Å². The molecule has 2 rings (SSSR count). The Balaban J connectivity index is 2.17. The van der Waals surface area contributed by atoms with E-state index in [1.54, 1.807) is 0 Å². The van der Waals surface area contributed by atoms with Crippen LogP contribution in [0.4, 0.5) is 5.82 Å². The van der Waals surface area contributed by atoms with Crippen LogP contribution in [0.25, 0.3) is 0 Å². The summed E-state index contributed by atoms with van der Waals surface area (Å²) in [5, 5.41) is 0.107. The van der Waals surface area contributed by atoms with Crippen LogP contribution in [-0.4, -0.2) is 13.4 Å². The quantitative estimate of drug-likeness (QED) is 0.859. The van der Waals surface area contributed by atoms with Gasteiger partial charge in [0.2, 0.25) is 10.0 Å². The molecule has 0 saturated heterocycles. The Kier molecular flexibility index (Phi) is 4.64. The maximum atomic E-state index is 12.1. The van der Waals surface area contributed by atoms with Gasteiger partial charge in [-0.1, -0.05) is 39.7 Å². The highest BCUT2D eigenvalue weighted by Crippen LogP contribution is 2.20. The van der Waals surface area contributed by atoms with Gasteiger partial charge in [0.05, 0.1) is 5.02 Å². The van der Waals surface area contributed by atoms with Gasteiger partial charge in [-0.2, -0.15) is 0 Å². The molecule has 0 saturated carbocycles. The Hall–Kier alpha value is -1.15. The largest absolute Gasteiger partial charge is 0.382 e. The second-order valence-electron chi connectivity index (χ2n) is 3.99. The number of aromatic nitrogens is 1. The summed E-state index contributed by atoms with van der Waals surface area (Å²) in [4.78, 5) is 3.71. The molecular formula is C12H11BrClN3O2S. The van der Waals surface area contributed by atoms with Crippen LogP contribution in [0, 0.1) is 0 Å². The van der Waals surface area contributed by atoms with E-state index >= 15 is 0 Å². The highest BCUT2D eigenvalue weighted by molar-refractivity contribution is 9.10. The molecule has 106 valence electrons. The molecule has 1 aromatic heterocycles. The monoisotopic (exact) mass is 375 g/mol. The van der Waals surface area contributed by atoms with Gasteiger partial charge < -0.3 is 5.73 Å². The molecule has 8 heteroatoms. The van der Waals surface area contributed by atoms with Crippen LogP contribution >= 0.6 is 27.5 Å². The van der Waals surface area contributed by atoms with Crippen molar-refractivity contribution in [3.63, 3.8) is 0 Å². The smallest absolute Gasteiger partial charge is 0.242 e. The lowest BCUT2D eigenvalue weighted by Crippen LogP contribution is -2.23. The summed E-state index contributed by atoms with van der Waals surface area (Å²) in [6, 6.07) is 8.61. The molecule has 0 radical (unpaired) electrons. The van der Waals surface area contributed by atoms with Crippen LogP contribution in [0.15, 0.2) is 45.9 Å². The number of hydrogen-bond donors (Lipinski definition) is 2. The summed E-state index contributed by atoms with van der Waals surface area (Å²) < 4.78 is 27.5. The van der Waals surface area contributed by atoms with Crippen molar-refractivity contribution >= 4 is 43.4 Å². The van der Waals surface area contributed by atoms with Crippen LogP contribution in [0.3, 0.4) is 0 Å². The number of rotatable bonds is 4. The van der Waals surface area contributed by atoms with Gasteiger partial charge in [0.25, 0.3) is 0 Å². The first kappa shape index (κ1) is 15.2. The number of hydrogen-bond acceptors (Lipinski definition) is 4. The lowest BCUT2D eigenvalue weighted by molar-refractivity contribution is 0.581. The normalized spacial score (nSPS) is 11.5. The van der Waals surface area contributed by atoms with Gasteiger partial charge in [-0.3, -0.25) is 0 Å². The molecular weight excluding hydrogens is 366 g/mol. The van der Waals surface area contributed by atoms with Crippen LogP contribution in [0.2, 0.25) is 5.02 Å². The van der Waals surface area contributed by atoms with Crippen LogP contribution in [-0.2, 0) is 16.6 Å². The fourth-order valence-corrected chi connectivity index (χ4v) is 3.15. The first-order chi connectivity index (χ1) is 9.38. The highest BCUT2D eigenvalue weighted by atomic mass is 79.9. The SMILES string of the molecule is Nc1ncc(S(=O)(=O)NCc2cccc(Br)c2)cc1Cl. The van der Waals surface area contributed by atoms with Crippen LogP contribution in [0.5, 0.6) is 0 Å². The van der Waals surface area contributed by atoms with Crippen molar-refractivity contribution in [3.8, 4) is 0 Å². The average Bonchev–Trinajstić information content (AvgIpc) is 2.40. The lowest BCUT2D eigenvalue weighted by Gasteiger charge is -2.08. The summed E-state index contributed by atoms with van der Waals surface area (Å²) in [6.45, 7) is 0.170. The Morgan fingerprint density at radius 2 is 2.10 bits per heavy atom. The Morgan fingerprint density at radius 3 is 2.75 bits per heavy atom. The maximum absolute atomic E-state index is 12.1. The van der Waals surface area contributed by atoms with Gasteiger partial charge in [-0.05, 0) is 23.8 Å². The lowest BCUT2D eigenvalue weighted by atomic mass is 10.2. The Bertz CT molecular complexity index is 737. The zero-order chi connectivity index (χ0) is 14.8. The van der Waals surface area contributed by atoms with E-state index in [1.165, 1.54) is 12.3 Å².